The molecule has 2 rings (SSSR count). The largest absolute Gasteiger partial charge is 0.494 e. The van der Waals surface area contributed by atoms with Gasteiger partial charge in [0.15, 0.2) is 0 Å². The van der Waals surface area contributed by atoms with Gasteiger partial charge in [0, 0.05) is 11.8 Å². The van der Waals surface area contributed by atoms with Crippen LogP contribution in [0.25, 0.3) is 0 Å². The molecule has 0 spiro atoms. The molecule has 1 heterocycles. The highest BCUT2D eigenvalue weighted by atomic mass is 32.1. The van der Waals surface area contributed by atoms with E-state index in [1.807, 2.05) is 37.3 Å². The van der Waals surface area contributed by atoms with Crippen LogP contribution in [0.5, 0.6) is 5.75 Å². The third kappa shape index (κ3) is 3.66. The van der Waals surface area contributed by atoms with Crippen molar-refractivity contribution in [1.29, 1.82) is 0 Å². The number of thiocarbonyl (C=S) groups is 1. The summed E-state index contributed by atoms with van der Waals surface area (Å²) >= 11 is 4.86. The maximum absolute atomic E-state index is 5.50. The molecule has 0 saturated carbocycles. The van der Waals surface area contributed by atoms with Gasteiger partial charge in [0.25, 0.3) is 0 Å². The first-order valence-corrected chi connectivity index (χ1v) is 6.35. The molecule has 0 saturated heterocycles. The predicted octanol–water partition coefficient (Wildman–Crippen LogP) is 2.86. The summed E-state index contributed by atoms with van der Waals surface area (Å²) in [5.41, 5.74) is 7.93. The van der Waals surface area contributed by atoms with Gasteiger partial charge in [-0.25, -0.2) is 0 Å². The highest BCUT2D eigenvalue weighted by Gasteiger charge is 2.00. The van der Waals surface area contributed by atoms with Gasteiger partial charge >= 0.3 is 0 Å². The van der Waals surface area contributed by atoms with Gasteiger partial charge in [-0.2, -0.15) is 0 Å². The van der Waals surface area contributed by atoms with Gasteiger partial charge in [-0.3, -0.25) is 4.98 Å². The fraction of sp³-hybridized carbons (Fsp3) is 0.143. The Labute approximate surface area is 117 Å². The van der Waals surface area contributed by atoms with Crippen molar-refractivity contribution >= 4 is 28.6 Å². The number of rotatable bonds is 5. The van der Waals surface area contributed by atoms with Crippen molar-refractivity contribution in [3.8, 4) is 5.75 Å². The number of hydrogen-bond donors (Lipinski definition) is 2. The summed E-state index contributed by atoms with van der Waals surface area (Å²) in [5.74, 6) is 0.834. The van der Waals surface area contributed by atoms with Crippen molar-refractivity contribution < 1.29 is 4.74 Å². The zero-order valence-electron chi connectivity index (χ0n) is 10.6. The highest BCUT2D eigenvalue weighted by Crippen LogP contribution is 2.21. The lowest BCUT2D eigenvalue weighted by molar-refractivity contribution is 0.340. The van der Waals surface area contributed by atoms with Crippen LogP contribution in [0, 0.1) is 0 Å². The molecule has 0 aliphatic carbocycles. The third-order valence-corrected chi connectivity index (χ3v) is 2.66. The van der Waals surface area contributed by atoms with E-state index in [9.17, 15) is 0 Å². The van der Waals surface area contributed by atoms with E-state index >= 15 is 0 Å². The van der Waals surface area contributed by atoms with Gasteiger partial charge in [0.05, 0.1) is 24.2 Å². The number of benzene rings is 1. The lowest BCUT2D eigenvalue weighted by Crippen LogP contribution is -2.11. The van der Waals surface area contributed by atoms with Crippen molar-refractivity contribution in [2.24, 2.45) is 5.73 Å². The first-order chi connectivity index (χ1) is 9.19. The second kappa shape index (κ2) is 6.15. The van der Waals surface area contributed by atoms with Crippen LogP contribution in [-0.2, 0) is 0 Å². The Morgan fingerprint density at radius 3 is 2.79 bits per heavy atom. The summed E-state index contributed by atoms with van der Waals surface area (Å²) in [6.07, 6.45) is 1.70. The SMILES string of the molecule is CCOc1cccc(Nc2ccc(C(N)=S)nc2)c1. The summed E-state index contributed by atoms with van der Waals surface area (Å²) < 4.78 is 5.45. The number of anilines is 2. The molecule has 2 aromatic rings. The number of nitrogens with one attached hydrogen (secondary N) is 1. The fourth-order valence-electron chi connectivity index (χ4n) is 1.61. The van der Waals surface area contributed by atoms with E-state index in [0.717, 1.165) is 17.1 Å². The first kappa shape index (κ1) is 13.3. The molecule has 0 radical (unpaired) electrons. The molecular weight excluding hydrogens is 258 g/mol. The van der Waals surface area contributed by atoms with Crippen molar-refractivity contribution in [1.82, 2.24) is 4.98 Å². The van der Waals surface area contributed by atoms with Crippen molar-refractivity contribution in [3.05, 3.63) is 48.3 Å². The van der Waals surface area contributed by atoms with E-state index in [2.05, 4.69) is 10.3 Å². The minimum atomic E-state index is 0.296. The van der Waals surface area contributed by atoms with E-state index in [-0.39, 0.29) is 0 Å². The Hall–Kier alpha value is -2.14. The standard InChI is InChI=1S/C14H15N3OS/c1-2-18-12-5-3-4-10(8-12)17-11-6-7-13(14(15)19)16-9-11/h3-9,17H,2H2,1H3,(H2,15,19). The van der Waals surface area contributed by atoms with Gasteiger partial charge in [-0.1, -0.05) is 18.3 Å². The van der Waals surface area contributed by atoms with Crippen molar-refractivity contribution in [2.75, 3.05) is 11.9 Å². The number of pyridine rings is 1. The molecule has 0 bridgehead atoms. The Morgan fingerprint density at radius 2 is 2.16 bits per heavy atom. The van der Waals surface area contributed by atoms with Crippen LogP contribution in [0.1, 0.15) is 12.6 Å². The van der Waals surface area contributed by atoms with E-state index in [1.165, 1.54) is 0 Å². The van der Waals surface area contributed by atoms with Gasteiger partial charge in [-0.05, 0) is 31.2 Å². The van der Waals surface area contributed by atoms with Gasteiger partial charge in [0.1, 0.15) is 10.7 Å². The lowest BCUT2D eigenvalue weighted by Gasteiger charge is -2.09. The molecule has 98 valence electrons. The maximum atomic E-state index is 5.50. The van der Waals surface area contributed by atoms with Gasteiger partial charge < -0.3 is 15.8 Å². The van der Waals surface area contributed by atoms with E-state index in [4.69, 9.17) is 22.7 Å². The Balaban J connectivity index is 2.12. The van der Waals surface area contributed by atoms with Gasteiger partial charge in [-0.15, -0.1) is 0 Å². The lowest BCUT2D eigenvalue weighted by atomic mass is 10.2. The molecule has 0 aliphatic rings. The molecule has 0 fully saturated rings. The van der Waals surface area contributed by atoms with Crippen molar-refractivity contribution in [2.45, 2.75) is 6.92 Å². The zero-order valence-corrected chi connectivity index (χ0v) is 11.4. The highest BCUT2D eigenvalue weighted by molar-refractivity contribution is 7.80. The van der Waals surface area contributed by atoms with E-state index in [1.54, 1.807) is 12.3 Å². The molecule has 0 atom stereocenters. The summed E-state index contributed by atoms with van der Waals surface area (Å²) in [4.78, 5) is 4.47. The molecular formula is C14H15N3OS. The molecule has 1 aromatic heterocycles. The van der Waals surface area contributed by atoms with Crippen LogP contribution >= 0.6 is 12.2 Å². The summed E-state index contributed by atoms with van der Waals surface area (Å²) in [7, 11) is 0. The zero-order chi connectivity index (χ0) is 13.7. The molecule has 19 heavy (non-hydrogen) atoms. The van der Waals surface area contributed by atoms with Gasteiger partial charge in [0.2, 0.25) is 0 Å². The number of hydrogen-bond acceptors (Lipinski definition) is 4. The molecule has 0 unspecified atom stereocenters. The van der Waals surface area contributed by atoms with Crippen LogP contribution in [-0.4, -0.2) is 16.6 Å². The maximum Gasteiger partial charge on any atom is 0.122 e. The van der Waals surface area contributed by atoms with Crippen LogP contribution in [0.15, 0.2) is 42.6 Å². The summed E-state index contributed by atoms with van der Waals surface area (Å²) in [5, 5.41) is 3.24. The molecule has 0 aliphatic heterocycles. The van der Waals surface area contributed by atoms with Crippen LogP contribution in [0.4, 0.5) is 11.4 Å². The second-order valence-electron chi connectivity index (χ2n) is 3.88. The molecule has 0 amide bonds. The number of aromatic nitrogens is 1. The van der Waals surface area contributed by atoms with Crippen molar-refractivity contribution in [3.63, 3.8) is 0 Å². The Kier molecular flexibility index (Phi) is 4.30. The van der Waals surface area contributed by atoms with Crippen LogP contribution in [0.3, 0.4) is 0 Å². The average Bonchev–Trinajstić information content (AvgIpc) is 2.40. The van der Waals surface area contributed by atoms with Crippen LogP contribution < -0.4 is 15.8 Å². The Bertz CT molecular complexity index is 569. The quantitative estimate of drug-likeness (QED) is 0.820. The second-order valence-corrected chi connectivity index (χ2v) is 4.32. The molecule has 4 nitrogen and oxygen atoms in total. The fourth-order valence-corrected chi connectivity index (χ4v) is 1.73. The van der Waals surface area contributed by atoms with E-state index < -0.39 is 0 Å². The van der Waals surface area contributed by atoms with E-state index in [0.29, 0.717) is 17.3 Å². The van der Waals surface area contributed by atoms with Crippen LogP contribution in [0.2, 0.25) is 0 Å². The number of nitrogens with two attached hydrogens (primary N) is 1. The predicted molar refractivity (Wildman–Crippen MR) is 81.0 cm³/mol. The minimum Gasteiger partial charge on any atom is -0.494 e. The smallest absolute Gasteiger partial charge is 0.122 e. The number of ether oxygens (including phenoxy) is 1. The topological polar surface area (TPSA) is 60.2 Å². The summed E-state index contributed by atoms with van der Waals surface area (Å²) in [6.45, 7) is 2.60. The normalized spacial score (nSPS) is 9.95. The average molecular weight is 273 g/mol. The monoisotopic (exact) mass is 273 g/mol. The first-order valence-electron chi connectivity index (χ1n) is 5.95. The Morgan fingerprint density at radius 1 is 1.32 bits per heavy atom. The number of nitrogens with zero attached hydrogens (tertiary/aromatic N) is 1. The summed E-state index contributed by atoms with van der Waals surface area (Å²) in [6, 6.07) is 11.4. The molecule has 1 aromatic carbocycles. The third-order valence-electron chi connectivity index (χ3n) is 2.45. The minimum absolute atomic E-state index is 0.296. The molecule has 3 N–H and O–H groups in total. The molecule has 5 heteroatoms.